The van der Waals surface area contributed by atoms with E-state index in [1.807, 2.05) is 30.3 Å². The molecule has 2 amide bonds. The maximum Gasteiger partial charge on any atom is 0.243 e. The second-order valence-electron chi connectivity index (χ2n) is 7.18. The molecule has 28 heavy (non-hydrogen) atoms. The van der Waals surface area contributed by atoms with Crippen molar-refractivity contribution < 1.29 is 14.0 Å². The van der Waals surface area contributed by atoms with Crippen LogP contribution >= 0.6 is 0 Å². The van der Waals surface area contributed by atoms with Gasteiger partial charge in [-0.05, 0) is 18.1 Å². The fraction of sp³-hybridized carbons (Fsp3) is 0.333. The number of carbonyl (C=O) groups excluding carboxylic acids is 2. The van der Waals surface area contributed by atoms with Crippen molar-refractivity contribution in [1.29, 1.82) is 0 Å². The summed E-state index contributed by atoms with van der Waals surface area (Å²) in [4.78, 5) is 27.3. The van der Waals surface area contributed by atoms with Gasteiger partial charge in [-0.1, -0.05) is 48.5 Å². The molecule has 2 saturated heterocycles. The molecule has 2 aliphatic rings. The molecule has 3 N–H and O–H groups in total. The van der Waals surface area contributed by atoms with Gasteiger partial charge in [0.05, 0.1) is 6.04 Å². The van der Waals surface area contributed by atoms with Crippen LogP contribution in [0.3, 0.4) is 0 Å². The van der Waals surface area contributed by atoms with Crippen LogP contribution in [0, 0.1) is 5.82 Å². The standard InChI is InChI=1S/C21H23FN4O2/c22-16-9-5-4-8-15(16)17-13-18(25-24-17)21(28)26-11-10-23-20(27)19(26)12-14-6-2-1-3-7-14/h1-9,17-19,24-25H,10-13H2,(H,23,27). The first-order valence-electron chi connectivity index (χ1n) is 9.51. The number of rotatable bonds is 4. The molecule has 0 bridgehead atoms. The lowest BCUT2D eigenvalue weighted by molar-refractivity contribution is -0.144. The van der Waals surface area contributed by atoms with Crippen LogP contribution in [0.4, 0.5) is 4.39 Å². The molecule has 0 radical (unpaired) electrons. The van der Waals surface area contributed by atoms with Crippen LogP contribution in [0.2, 0.25) is 0 Å². The third kappa shape index (κ3) is 3.76. The molecule has 2 aliphatic heterocycles. The van der Waals surface area contributed by atoms with Crippen molar-refractivity contribution in [2.24, 2.45) is 0 Å². The van der Waals surface area contributed by atoms with Gasteiger partial charge in [-0.3, -0.25) is 9.59 Å². The number of hydrogen-bond donors (Lipinski definition) is 3. The minimum Gasteiger partial charge on any atom is -0.353 e. The average molecular weight is 382 g/mol. The minimum atomic E-state index is -0.544. The van der Waals surface area contributed by atoms with Crippen LogP contribution < -0.4 is 16.2 Å². The number of halogens is 1. The van der Waals surface area contributed by atoms with E-state index < -0.39 is 12.1 Å². The quantitative estimate of drug-likeness (QED) is 0.745. The summed E-state index contributed by atoms with van der Waals surface area (Å²) in [6, 6.07) is 14.9. The molecule has 2 aromatic rings. The van der Waals surface area contributed by atoms with Crippen LogP contribution in [0.15, 0.2) is 54.6 Å². The molecule has 6 nitrogen and oxygen atoms in total. The third-order valence-electron chi connectivity index (χ3n) is 5.37. The Balaban J connectivity index is 1.48. The second kappa shape index (κ2) is 8.08. The second-order valence-corrected chi connectivity index (χ2v) is 7.18. The predicted octanol–water partition coefficient (Wildman–Crippen LogP) is 1.30. The van der Waals surface area contributed by atoms with Gasteiger partial charge in [0.15, 0.2) is 0 Å². The number of benzene rings is 2. The molecule has 3 unspecified atom stereocenters. The zero-order valence-electron chi connectivity index (χ0n) is 15.4. The van der Waals surface area contributed by atoms with Gasteiger partial charge in [0.1, 0.15) is 17.9 Å². The van der Waals surface area contributed by atoms with Crippen molar-refractivity contribution in [3.05, 3.63) is 71.5 Å². The smallest absolute Gasteiger partial charge is 0.243 e. The van der Waals surface area contributed by atoms with Gasteiger partial charge in [0.2, 0.25) is 11.8 Å². The number of piperazine rings is 1. The highest BCUT2D eigenvalue weighted by molar-refractivity contribution is 5.91. The lowest BCUT2D eigenvalue weighted by Gasteiger charge is -2.36. The third-order valence-corrected chi connectivity index (χ3v) is 5.37. The Hall–Kier alpha value is -2.77. The first kappa shape index (κ1) is 18.6. The molecule has 0 aliphatic carbocycles. The Labute approximate surface area is 163 Å². The summed E-state index contributed by atoms with van der Waals surface area (Å²) in [5, 5.41) is 2.85. The lowest BCUT2D eigenvalue weighted by Crippen LogP contribution is -2.61. The number of amides is 2. The van der Waals surface area contributed by atoms with Crippen molar-refractivity contribution in [3.63, 3.8) is 0 Å². The normalized spacial score (nSPS) is 24.8. The number of carbonyl (C=O) groups is 2. The minimum absolute atomic E-state index is 0.137. The van der Waals surface area contributed by atoms with E-state index in [0.717, 1.165) is 5.56 Å². The van der Waals surface area contributed by atoms with Crippen LogP contribution in [0.1, 0.15) is 23.6 Å². The van der Waals surface area contributed by atoms with Crippen molar-refractivity contribution in [3.8, 4) is 0 Å². The fourth-order valence-electron chi connectivity index (χ4n) is 3.90. The zero-order valence-corrected chi connectivity index (χ0v) is 15.4. The zero-order chi connectivity index (χ0) is 19.5. The fourth-order valence-corrected chi connectivity index (χ4v) is 3.90. The van der Waals surface area contributed by atoms with Crippen LogP contribution in [0.5, 0.6) is 0 Å². The highest BCUT2D eigenvalue weighted by Crippen LogP contribution is 2.26. The summed E-state index contributed by atoms with van der Waals surface area (Å²) in [5.74, 6) is -0.573. The van der Waals surface area contributed by atoms with Gasteiger partial charge in [0.25, 0.3) is 0 Å². The average Bonchev–Trinajstić information content (AvgIpc) is 3.20. The molecule has 146 valence electrons. The van der Waals surface area contributed by atoms with Crippen LogP contribution in [-0.4, -0.2) is 41.9 Å². The largest absolute Gasteiger partial charge is 0.353 e. The Morgan fingerprint density at radius 2 is 1.82 bits per heavy atom. The van der Waals surface area contributed by atoms with E-state index in [-0.39, 0.29) is 23.7 Å². The van der Waals surface area contributed by atoms with Gasteiger partial charge in [-0.25, -0.2) is 15.2 Å². The summed E-state index contributed by atoms with van der Waals surface area (Å²) in [5.41, 5.74) is 7.54. The van der Waals surface area contributed by atoms with Gasteiger partial charge in [0, 0.05) is 25.1 Å². The molecule has 3 atom stereocenters. The molecule has 4 rings (SSSR count). The van der Waals surface area contributed by atoms with Crippen LogP contribution in [0.25, 0.3) is 0 Å². The van der Waals surface area contributed by atoms with E-state index in [2.05, 4.69) is 16.2 Å². The number of nitrogens with one attached hydrogen (secondary N) is 3. The first-order valence-corrected chi connectivity index (χ1v) is 9.51. The first-order chi connectivity index (χ1) is 13.6. The summed E-state index contributed by atoms with van der Waals surface area (Å²) in [7, 11) is 0. The molecular weight excluding hydrogens is 359 g/mol. The topological polar surface area (TPSA) is 73.5 Å². The van der Waals surface area contributed by atoms with Crippen LogP contribution in [-0.2, 0) is 16.0 Å². The van der Waals surface area contributed by atoms with Crippen molar-refractivity contribution in [2.45, 2.75) is 31.0 Å². The van der Waals surface area contributed by atoms with E-state index in [1.165, 1.54) is 6.07 Å². The molecule has 0 aromatic heterocycles. The Bertz CT molecular complexity index is 860. The molecule has 2 heterocycles. The van der Waals surface area contributed by atoms with E-state index in [0.29, 0.717) is 31.5 Å². The van der Waals surface area contributed by atoms with Gasteiger partial charge in [-0.15, -0.1) is 0 Å². The molecule has 2 aromatic carbocycles. The Kier molecular flexibility index (Phi) is 5.36. The maximum absolute atomic E-state index is 14.1. The molecule has 0 saturated carbocycles. The van der Waals surface area contributed by atoms with Crippen molar-refractivity contribution in [1.82, 2.24) is 21.1 Å². The predicted molar refractivity (Wildman–Crippen MR) is 102 cm³/mol. The van der Waals surface area contributed by atoms with Gasteiger partial charge < -0.3 is 10.2 Å². The molecule has 2 fully saturated rings. The van der Waals surface area contributed by atoms with E-state index in [1.54, 1.807) is 23.1 Å². The highest BCUT2D eigenvalue weighted by atomic mass is 19.1. The monoisotopic (exact) mass is 382 g/mol. The molecule has 7 heteroatoms. The molecular formula is C21H23FN4O2. The summed E-state index contributed by atoms with van der Waals surface area (Å²) >= 11 is 0. The van der Waals surface area contributed by atoms with E-state index in [4.69, 9.17) is 0 Å². The van der Waals surface area contributed by atoms with Crippen molar-refractivity contribution >= 4 is 11.8 Å². The number of hydrogen-bond acceptors (Lipinski definition) is 4. The Morgan fingerprint density at radius 3 is 2.61 bits per heavy atom. The lowest BCUT2D eigenvalue weighted by atomic mass is 9.98. The van der Waals surface area contributed by atoms with Gasteiger partial charge in [-0.2, -0.15) is 0 Å². The van der Waals surface area contributed by atoms with Gasteiger partial charge >= 0.3 is 0 Å². The molecule has 0 spiro atoms. The van der Waals surface area contributed by atoms with Crippen molar-refractivity contribution in [2.75, 3.05) is 13.1 Å². The highest BCUT2D eigenvalue weighted by Gasteiger charge is 2.39. The SMILES string of the molecule is O=C1NCCN(C(=O)C2CC(c3ccccc3F)NN2)C1Cc1ccccc1. The number of nitrogens with zero attached hydrogens (tertiary/aromatic N) is 1. The van der Waals surface area contributed by atoms with E-state index >= 15 is 0 Å². The summed E-state index contributed by atoms with van der Waals surface area (Å²) < 4.78 is 14.1. The van der Waals surface area contributed by atoms with E-state index in [9.17, 15) is 14.0 Å². The number of hydrazine groups is 1. The Morgan fingerprint density at radius 1 is 1.07 bits per heavy atom. The summed E-state index contributed by atoms with van der Waals surface area (Å²) in [6.45, 7) is 0.900. The maximum atomic E-state index is 14.1. The summed E-state index contributed by atoms with van der Waals surface area (Å²) in [6.07, 6.45) is 0.894.